The molecule has 33 heavy (non-hydrogen) atoms. The van der Waals surface area contributed by atoms with E-state index in [-0.39, 0.29) is 0 Å². The van der Waals surface area contributed by atoms with Crippen LogP contribution in [0.2, 0.25) is 0 Å². The molecule has 0 aliphatic heterocycles. The Balaban J connectivity index is 2.25. The summed E-state index contributed by atoms with van der Waals surface area (Å²) in [5.74, 6) is 0.860. The summed E-state index contributed by atoms with van der Waals surface area (Å²) in [5.41, 5.74) is 5.73. The smallest absolute Gasteiger partial charge is 0.346 e. The van der Waals surface area contributed by atoms with Crippen LogP contribution >= 0.6 is 0 Å². The predicted octanol–water partition coefficient (Wildman–Crippen LogP) is 7.48. The van der Waals surface area contributed by atoms with Crippen molar-refractivity contribution in [3.63, 3.8) is 0 Å². The maximum atomic E-state index is 12.8. The second kappa shape index (κ2) is 12.2. The third kappa shape index (κ3) is 8.46. The molecule has 0 bridgehead atoms. The van der Waals surface area contributed by atoms with Crippen molar-refractivity contribution in [2.24, 2.45) is 23.7 Å². The zero-order valence-corrected chi connectivity index (χ0v) is 21.8. The molecule has 0 fully saturated rings. The Morgan fingerprint density at radius 3 is 1.15 bits per heavy atom. The largest absolute Gasteiger partial charge is 0.386 e. The zero-order valence-electron chi connectivity index (χ0n) is 21.8. The van der Waals surface area contributed by atoms with Gasteiger partial charge in [0.15, 0.2) is 0 Å². The van der Waals surface area contributed by atoms with Crippen molar-refractivity contribution in [3.8, 4) is 0 Å². The van der Waals surface area contributed by atoms with Crippen LogP contribution in [-0.4, -0.2) is 11.9 Å². The minimum atomic E-state index is -0.585. The molecule has 3 nitrogen and oxygen atoms in total. The number of esters is 2. The Hall–Kier alpha value is -2.42. The van der Waals surface area contributed by atoms with Gasteiger partial charge in [-0.25, -0.2) is 9.59 Å². The van der Waals surface area contributed by atoms with Gasteiger partial charge in [0.05, 0.1) is 11.1 Å². The van der Waals surface area contributed by atoms with Crippen molar-refractivity contribution in [2.45, 2.75) is 81.1 Å². The summed E-state index contributed by atoms with van der Waals surface area (Å²) in [4.78, 5) is 25.7. The third-order valence-electron chi connectivity index (χ3n) is 5.58. The molecule has 0 aromatic heterocycles. The molecule has 0 spiro atoms. The van der Waals surface area contributed by atoms with Crippen LogP contribution in [-0.2, 0) is 30.4 Å². The van der Waals surface area contributed by atoms with Gasteiger partial charge in [-0.2, -0.15) is 0 Å². The number of rotatable bonds is 10. The van der Waals surface area contributed by atoms with E-state index < -0.39 is 11.9 Å². The monoisotopic (exact) mass is 450 g/mol. The standard InChI is InChI=1S/C30H42O3/c1-19(2)13-23-9-11-25(17-27(23)15-21(5)6)29(31)33-30(32)26-12-10-24(14-20(3)4)28(18-26)16-22(7)8/h9-12,17-22H,13-16H2,1-8H3. The summed E-state index contributed by atoms with van der Waals surface area (Å²) < 4.78 is 5.31. The SMILES string of the molecule is CC(C)Cc1ccc(C(=O)OC(=O)c2ccc(CC(C)C)c(CC(C)C)c2)cc1CC(C)C. The molecule has 0 aliphatic carbocycles. The highest BCUT2D eigenvalue weighted by Crippen LogP contribution is 2.22. The Bertz CT molecular complexity index is 874. The number of hydrogen-bond acceptors (Lipinski definition) is 3. The average Bonchev–Trinajstić information content (AvgIpc) is 2.69. The highest BCUT2D eigenvalue weighted by Gasteiger charge is 2.19. The lowest BCUT2D eigenvalue weighted by atomic mass is 9.91. The maximum absolute atomic E-state index is 12.8. The fourth-order valence-electron chi connectivity index (χ4n) is 4.25. The van der Waals surface area contributed by atoms with Crippen LogP contribution in [0.1, 0.15) is 98.4 Å². The molecular weight excluding hydrogens is 408 g/mol. The van der Waals surface area contributed by atoms with Crippen molar-refractivity contribution in [2.75, 3.05) is 0 Å². The molecule has 0 aliphatic rings. The molecule has 3 heteroatoms. The van der Waals surface area contributed by atoms with Gasteiger partial charge in [-0.15, -0.1) is 0 Å². The van der Waals surface area contributed by atoms with Gasteiger partial charge in [-0.05, 0) is 95.9 Å². The van der Waals surface area contributed by atoms with Crippen molar-refractivity contribution in [1.82, 2.24) is 0 Å². The van der Waals surface area contributed by atoms with Crippen LogP contribution in [0.25, 0.3) is 0 Å². The highest BCUT2D eigenvalue weighted by atomic mass is 16.6. The summed E-state index contributed by atoms with van der Waals surface area (Å²) in [6.07, 6.45) is 3.73. The summed E-state index contributed by atoms with van der Waals surface area (Å²) in [6, 6.07) is 11.4. The van der Waals surface area contributed by atoms with Crippen molar-refractivity contribution >= 4 is 11.9 Å². The minimum Gasteiger partial charge on any atom is -0.386 e. The first kappa shape index (κ1) is 26.8. The van der Waals surface area contributed by atoms with Crippen molar-refractivity contribution in [1.29, 1.82) is 0 Å². The van der Waals surface area contributed by atoms with Gasteiger partial charge in [-0.1, -0.05) is 67.5 Å². The number of hydrogen-bond donors (Lipinski definition) is 0. The van der Waals surface area contributed by atoms with E-state index in [1.165, 1.54) is 11.1 Å². The van der Waals surface area contributed by atoms with E-state index in [1.54, 1.807) is 12.1 Å². The second-order valence-corrected chi connectivity index (χ2v) is 11.0. The van der Waals surface area contributed by atoms with E-state index >= 15 is 0 Å². The van der Waals surface area contributed by atoms with Gasteiger partial charge in [0.2, 0.25) is 0 Å². The van der Waals surface area contributed by atoms with E-state index in [0.29, 0.717) is 34.8 Å². The van der Waals surface area contributed by atoms with Gasteiger partial charge in [-0.3, -0.25) is 0 Å². The molecular formula is C30H42O3. The first-order chi connectivity index (χ1) is 15.5. The summed E-state index contributed by atoms with van der Waals surface area (Å²) >= 11 is 0. The van der Waals surface area contributed by atoms with Crippen molar-refractivity contribution in [3.05, 3.63) is 69.8 Å². The Kier molecular flexibility index (Phi) is 9.88. The summed E-state index contributed by atoms with van der Waals surface area (Å²) in [6.45, 7) is 17.5. The Morgan fingerprint density at radius 1 is 0.545 bits per heavy atom. The molecule has 0 saturated heterocycles. The Morgan fingerprint density at radius 2 is 0.848 bits per heavy atom. The lowest BCUT2D eigenvalue weighted by molar-refractivity contribution is 0.0397. The molecule has 0 saturated carbocycles. The van der Waals surface area contributed by atoms with Gasteiger partial charge in [0.1, 0.15) is 0 Å². The molecule has 0 unspecified atom stereocenters. The number of carbonyl (C=O) groups is 2. The zero-order chi connectivity index (χ0) is 24.7. The normalized spacial score (nSPS) is 11.6. The maximum Gasteiger partial charge on any atom is 0.346 e. The predicted molar refractivity (Wildman–Crippen MR) is 137 cm³/mol. The Labute approximate surface area is 200 Å². The lowest BCUT2D eigenvalue weighted by Gasteiger charge is -2.16. The van der Waals surface area contributed by atoms with E-state index in [4.69, 9.17) is 4.74 Å². The fraction of sp³-hybridized carbons (Fsp3) is 0.533. The minimum absolute atomic E-state index is 0.435. The first-order valence-corrected chi connectivity index (χ1v) is 12.5. The average molecular weight is 451 g/mol. The first-order valence-electron chi connectivity index (χ1n) is 12.5. The van der Waals surface area contributed by atoms with E-state index in [2.05, 4.69) is 55.4 Å². The molecule has 0 radical (unpaired) electrons. The van der Waals surface area contributed by atoms with E-state index in [0.717, 1.165) is 36.8 Å². The van der Waals surface area contributed by atoms with Gasteiger partial charge < -0.3 is 4.74 Å². The molecule has 2 rings (SSSR count). The number of ether oxygens (including phenoxy) is 1. The molecule has 2 aromatic carbocycles. The summed E-state index contributed by atoms with van der Waals surface area (Å²) in [7, 11) is 0. The van der Waals surface area contributed by atoms with Gasteiger partial charge in [0.25, 0.3) is 0 Å². The molecule has 180 valence electrons. The van der Waals surface area contributed by atoms with Gasteiger partial charge in [0, 0.05) is 0 Å². The van der Waals surface area contributed by atoms with E-state index in [1.807, 2.05) is 24.3 Å². The van der Waals surface area contributed by atoms with Crippen LogP contribution in [0.4, 0.5) is 0 Å². The number of carbonyl (C=O) groups excluding carboxylic acids is 2. The molecule has 0 heterocycles. The molecule has 0 amide bonds. The molecule has 2 aromatic rings. The van der Waals surface area contributed by atoms with Gasteiger partial charge >= 0.3 is 11.9 Å². The molecule has 0 N–H and O–H groups in total. The third-order valence-corrected chi connectivity index (χ3v) is 5.58. The lowest BCUT2D eigenvalue weighted by Crippen LogP contribution is -2.15. The summed E-state index contributed by atoms with van der Waals surface area (Å²) in [5, 5.41) is 0. The van der Waals surface area contributed by atoms with Crippen LogP contribution < -0.4 is 0 Å². The highest BCUT2D eigenvalue weighted by molar-refractivity contribution is 6.02. The quantitative estimate of drug-likeness (QED) is 0.278. The van der Waals surface area contributed by atoms with Crippen LogP contribution in [0.5, 0.6) is 0 Å². The topological polar surface area (TPSA) is 43.4 Å². The number of benzene rings is 2. The second-order valence-electron chi connectivity index (χ2n) is 11.0. The van der Waals surface area contributed by atoms with E-state index in [9.17, 15) is 9.59 Å². The fourth-order valence-corrected chi connectivity index (χ4v) is 4.25. The van der Waals surface area contributed by atoms with Crippen LogP contribution in [0.15, 0.2) is 36.4 Å². The van der Waals surface area contributed by atoms with Crippen LogP contribution in [0, 0.1) is 23.7 Å². The van der Waals surface area contributed by atoms with Crippen LogP contribution in [0.3, 0.4) is 0 Å². The molecule has 0 atom stereocenters. The van der Waals surface area contributed by atoms with Crippen molar-refractivity contribution < 1.29 is 14.3 Å².